The van der Waals surface area contributed by atoms with Gasteiger partial charge in [-0.15, -0.1) is 5.10 Å². The van der Waals surface area contributed by atoms with Crippen molar-refractivity contribution in [3.05, 3.63) is 64.5 Å². The van der Waals surface area contributed by atoms with Crippen LogP contribution >= 0.6 is 15.9 Å². The number of carbonyl (C=O) groups excluding carboxylic acids is 1. The van der Waals surface area contributed by atoms with E-state index in [-0.39, 0.29) is 24.4 Å². The van der Waals surface area contributed by atoms with Crippen molar-refractivity contribution in [2.45, 2.75) is 6.10 Å². The van der Waals surface area contributed by atoms with Crippen LogP contribution in [-0.4, -0.2) is 22.7 Å². The molecule has 1 aromatic heterocycles. The molecule has 0 spiro atoms. The predicted octanol–water partition coefficient (Wildman–Crippen LogP) is 3.60. The molecule has 126 valence electrons. The van der Waals surface area contributed by atoms with Crippen LogP contribution in [0.25, 0.3) is 0 Å². The number of para-hydroxylation sites is 2. The first-order valence-corrected chi connectivity index (χ1v) is 8.27. The molecule has 4 rings (SSSR count). The molecule has 1 amide bonds. The molecule has 0 radical (unpaired) electrons. The van der Waals surface area contributed by atoms with Crippen LogP contribution in [0, 0.1) is 0 Å². The first kappa shape index (κ1) is 15.6. The van der Waals surface area contributed by atoms with E-state index in [4.69, 9.17) is 13.9 Å². The zero-order valence-electron chi connectivity index (χ0n) is 12.8. The minimum absolute atomic E-state index is 0.00498. The van der Waals surface area contributed by atoms with Crippen LogP contribution in [0.4, 0.5) is 6.01 Å². The summed E-state index contributed by atoms with van der Waals surface area (Å²) in [5, 5.41) is 10.3. The Morgan fingerprint density at radius 3 is 2.64 bits per heavy atom. The second-order valence-corrected chi connectivity index (χ2v) is 6.19. The average molecular weight is 402 g/mol. The van der Waals surface area contributed by atoms with Crippen LogP contribution in [0.1, 0.15) is 22.4 Å². The van der Waals surface area contributed by atoms with Gasteiger partial charge in [-0.2, -0.15) is 0 Å². The summed E-state index contributed by atoms with van der Waals surface area (Å²) in [7, 11) is 0. The summed E-state index contributed by atoms with van der Waals surface area (Å²) in [6.45, 7) is 0.249. The smallest absolute Gasteiger partial charge is 0.322 e. The number of hydrogen-bond donors (Lipinski definition) is 1. The molecule has 8 heteroatoms. The van der Waals surface area contributed by atoms with Crippen LogP contribution in [0.5, 0.6) is 11.5 Å². The molecule has 0 aliphatic carbocycles. The Morgan fingerprint density at radius 1 is 1.08 bits per heavy atom. The number of fused-ring (bicyclic) bond motifs is 1. The molecule has 25 heavy (non-hydrogen) atoms. The number of ether oxygens (including phenoxy) is 2. The van der Waals surface area contributed by atoms with E-state index in [0.29, 0.717) is 17.1 Å². The zero-order chi connectivity index (χ0) is 17.2. The van der Waals surface area contributed by atoms with Gasteiger partial charge in [-0.3, -0.25) is 10.1 Å². The summed E-state index contributed by atoms with van der Waals surface area (Å²) < 4.78 is 17.8. The Labute approximate surface area is 151 Å². The summed E-state index contributed by atoms with van der Waals surface area (Å²) in [4.78, 5) is 12.2. The van der Waals surface area contributed by atoms with Gasteiger partial charge in [0.15, 0.2) is 11.5 Å². The molecule has 7 nitrogen and oxygen atoms in total. The number of aromatic nitrogens is 2. The van der Waals surface area contributed by atoms with Crippen LogP contribution in [-0.2, 0) is 0 Å². The SMILES string of the molecule is O=C(Nc1nnc(C2COc3ccccc3O2)o1)c1ccc(Br)cc1. The molecular formula is C17H12BrN3O4. The van der Waals surface area contributed by atoms with Gasteiger partial charge < -0.3 is 13.9 Å². The maximum atomic E-state index is 12.2. The van der Waals surface area contributed by atoms with Gasteiger partial charge in [-0.25, -0.2) is 0 Å². The number of nitrogens with zero attached hydrogens (tertiary/aromatic N) is 2. The Morgan fingerprint density at radius 2 is 1.84 bits per heavy atom. The normalized spacial score (nSPS) is 15.6. The number of nitrogens with one attached hydrogen (secondary N) is 1. The first-order valence-electron chi connectivity index (χ1n) is 7.48. The Kier molecular flexibility index (Phi) is 4.10. The molecular weight excluding hydrogens is 390 g/mol. The van der Waals surface area contributed by atoms with Crippen molar-refractivity contribution in [2.24, 2.45) is 0 Å². The van der Waals surface area contributed by atoms with E-state index < -0.39 is 6.10 Å². The van der Waals surface area contributed by atoms with Crippen LogP contribution < -0.4 is 14.8 Å². The van der Waals surface area contributed by atoms with E-state index in [0.717, 1.165) is 4.47 Å². The van der Waals surface area contributed by atoms with Crippen molar-refractivity contribution < 1.29 is 18.7 Å². The third-order valence-corrected chi connectivity index (χ3v) is 4.08. The predicted molar refractivity (Wildman–Crippen MR) is 91.7 cm³/mol. The quantitative estimate of drug-likeness (QED) is 0.721. The monoisotopic (exact) mass is 401 g/mol. The lowest BCUT2D eigenvalue weighted by molar-refractivity contribution is 0.0716. The lowest BCUT2D eigenvalue weighted by Crippen LogP contribution is -2.21. The van der Waals surface area contributed by atoms with E-state index in [2.05, 4.69) is 31.4 Å². The van der Waals surface area contributed by atoms with Crippen molar-refractivity contribution >= 4 is 27.9 Å². The van der Waals surface area contributed by atoms with Crippen molar-refractivity contribution in [2.75, 3.05) is 11.9 Å². The molecule has 0 bridgehead atoms. The van der Waals surface area contributed by atoms with Gasteiger partial charge in [0.1, 0.15) is 6.61 Å². The maximum absolute atomic E-state index is 12.2. The van der Waals surface area contributed by atoms with E-state index in [9.17, 15) is 4.79 Å². The number of anilines is 1. The molecule has 1 aliphatic rings. The summed E-state index contributed by atoms with van der Waals surface area (Å²) in [6.07, 6.45) is -0.527. The van der Waals surface area contributed by atoms with Gasteiger partial charge in [-0.1, -0.05) is 33.2 Å². The topological polar surface area (TPSA) is 86.5 Å². The van der Waals surface area contributed by atoms with Gasteiger partial charge in [0.2, 0.25) is 6.10 Å². The van der Waals surface area contributed by atoms with E-state index >= 15 is 0 Å². The highest BCUT2D eigenvalue weighted by molar-refractivity contribution is 9.10. The van der Waals surface area contributed by atoms with Gasteiger partial charge in [0.05, 0.1) is 0 Å². The summed E-state index contributed by atoms with van der Waals surface area (Å²) in [5.41, 5.74) is 0.481. The van der Waals surface area contributed by atoms with Crippen LogP contribution in [0.2, 0.25) is 0 Å². The standard InChI is InChI=1S/C17H12BrN3O4/c18-11-7-5-10(6-8-11)15(22)19-17-21-20-16(25-17)14-9-23-12-3-1-2-4-13(12)24-14/h1-8,14H,9H2,(H,19,21,22). The first-order chi connectivity index (χ1) is 12.2. The Balaban J connectivity index is 1.46. The van der Waals surface area contributed by atoms with E-state index in [1.807, 2.05) is 18.2 Å². The highest BCUT2D eigenvalue weighted by Crippen LogP contribution is 2.35. The molecule has 1 N–H and O–H groups in total. The fraction of sp³-hybridized carbons (Fsp3) is 0.118. The molecule has 0 saturated carbocycles. The molecule has 1 aliphatic heterocycles. The maximum Gasteiger partial charge on any atom is 0.322 e. The third-order valence-electron chi connectivity index (χ3n) is 3.55. The van der Waals surface area contributed by atoms with E-state index in [1.54, 1.807) is 30.3 Å². The molecule has 1 atom stereocenters. The Bertz CT molecular complexity index is 910. The average Bonchev–Trinajstić information content (AvgIpc) is 3.10. The lowest BCUT2D eigenvalue weighted by Gasteiger charge is -2.23. The fourth-order valence-corrected chi connectivity index (χ4v) is 2.59. The van der Waals surface area contributed by atoms with Gasteiger partial charge in [-0.05, 0) is 36.4 Å². The molecule has 0 fully saturated rings. The summed E-state index contributed by atoms with van der Waals surface area (Å²) in [5.74, 6) is 1.17. The fourth-order valence-electron chi connectivity index (χ4n) is 2.33. The second-order valence-electron chi connectivity index (χ2n) is 5.27. The number of hydrogen-bond acceptors (Lipinski definition) is 6. The molecule has 2 heterocycles. The highest BCUT2D eigenvalue weighted by Gasteiger charge is 2.27. The van der Waals surface area contributed by atoms with Gasteiger partial charge in [0, 0.05) is 10.0 Å². The van der Waals surface area contributed by atoms with Crippen molar-refractivity contribution in [1.29, 1.82) is 0 Å². The minimum Gasteiger partial charge on any atom is -0.485 e. The Hall–Kier alpha value is -2.87. The molecule has 2 aromatic carbocycles. The molecule has 0 saturated heterocycles. The van der Waals surface area contributed by atoms with Crippen LogP contribution in [0.3, 0.4) is 0 Å². The van der Waals surface area contributed by atoms with Gasteiger partial charge >= 0.3 is 6.01 Å². The summed E-state index contributed by atoms with van der Waals surface area (Å²) in [6, 6.07) is 14.3. The van der Waals surface area contributed by atoms with E-state index in [1.165, 1.54) is 0 Å². The number of rotatable bonds is 3. The third kappa shape index (κ3) is 3.34. The number of carbonyl (C=O) groups is 1. The highest BCUT2D eigenvalue weighted by atomic mass is 79.9. The van der Waals surface area contributed by atoms with Crippen molar-refractivity contribution in [3.8, 4) is 11.5 Å². The van der Waals surface area contributed by atoms with Crippen molar-refractivity contribution in [3.63, 3.8) is 0 Å². The van der Waals surface area contributed by atoms with Crippen molar-refractivity contribution in [1.82, 2.24) is 10.2 Å². The van der Waals surface area contributed by atoms with Gasteiger partial charge in [0.25, 0.3) is 11.8 Å². The zero-order valence-corrected chi connectivity index (χ0v) is 14.4. The second kappa shape index (κ2) is 6.56. The summed E-state index contributed by atoms with van der Waals surface area (Å²) >= 11 is 3.32. The number of amides is 1. The molecule has 1 unspecified atom stereocenters. The van der Waals surface area contributed by atoms with Crippen LogP contribution in [0.15, 0.2) is 57.4 Å². The minimum atomic E-state index is -0.527. The molecule has 3 aromatic rings. The largest absolute Gasteiger partial charge is 0.485 e. The number of benzene rings is 2. The lowest BCUT2D eigenvalue weighted by atomic mass is 10.2. The number of halogens is 1.